The van der Waals surface area contributed by atoms with E-state index in [4.69, 9.17) is 10.5 Å². The lowest BCUT2D eigenvalue weighted by Crippen LogP contribution is -2.15. The van der Waals surface area contributed by atoms with Crippen LogP contribution in [0.15, 0.2) is 34.2 Å². The molecule has 0 aliphatic carbocycles. The predicted octanol–water partition coefficient (Wildman–Crippen LogP) is 2.99. The van der Waals surface area contributed by atoms with E-state index < -0.39 is 0 Å². The normalized spacial score (nSPS) is 13.6. The average Bonchev–Trinajstić information content (AvgIpc) is 2.37. The molecule has 3 nitrogen and oxygen atoms in total. The van der Waals surface area contributed by atoms with E-state index in [1.165, 1.54) is 10.5 Å². The van der Waals surface area contributed by atoms with Crippen LogP contribution in [0.2, 0.25) is 0 Å². The maximum absolute atomic E-state index is 5.86. The van der Waals surface area contributed by atoms with Crippen molar-refractivity contribution in [1.29, 1.82) is 0 Å². The Labute approximate surface area is 118 Å². The van der Waals surface area contributed by atoms with Crippen LogP contribution in [-0.4, -0.2) is 31.2 Å². The number of nitrogens with zero attached hydrogens (tertiary/aromatic N) is 1. The number of amidine groups is 1. The monoisotopic (exact) mass is 284 g/mol. The third-order valence-electron chi connectivity index (χ3n) is 2.30. The highest BCUT2D eigenvalue weighted by atomic mass is 32.2. The first-order valence-electron chi connectivity index (χ1n) is 5.73. The Kier molecular flexibility index (Phi) is 7.23. The highest BCUT2D eigenvalue weighted by molar-refractivity contribution is 8.13. The van der Waals surface area contributed by atoms with Crippen LogP contribution < -0.4 is 5.73 Å². The maximum atomic E-state index is 5.86. The Morgan fingerprint density at radius 1 is 1.39 bits per heavy atom. The van der Waals surface area contributed by atoms with Gasteiger partial charge in [-0.2, -0.15) is 0 Å². The number of benzene rings is 1. The zero-order valence-corrected chi connectivity index (χ0v) is 12.7. The molecule has 0 aliphatic heterocycles. The first-order valence-corrected chi connectivity index (χ1v) is 7.94. The molecule has 0 aliphatic rings. The van der Waals surface area contributed by atoms with Crippen LogP contribution in [0, 0.1) is 0 Å². The van der Waals surface area contributed by atoms with Gasteiger partial charge in [0.15, 0.2) is 5.17 Å². The first kappa shape index (κ1) is 15.4. The summed E-state index contributed by atoms with van der Waals surface area (Å²) < 4.78 is 5.02. The van der Waals surface area contributed by atoms with Crippen LogP contribution in [0.3, 0.4) is 0 Å². The van der Waals surface area contributed by atoms with E-state index in [0.29, 0.717) is 11.8 Å². The molecule has 2 N–H and O–H groups in total. The molecule has 0 unspecified atom stereocenters. The van der Waals surface area contributed by atoms with E-state index in [2.05, 4.69) is 35.5 Å². The Balaban J connectivity index is 2.43. The summed E-state index contributed by atoms with van der Waals surface area (Å²) in [4.78, 5) is 5.62. The molecule has 1 aromatic rings. The highest BCUT2D eigenvalue weighted by Gasteiger charge is 2.01. The van der Waals surface area contributed by atoms with Gasteiger partial charge < -0.3 is 10.5 Å². The van der Waals surface area contributed by atoms with Crippen molar-refractivity contribution in [2.75, 3.05) is 20.0 Å². The van der Waals surface area contributed by atoms with Crippen molar-refractivity contribution in [3.8, 4) is 0 Å². The van der Waals surface area contributed by atoms with Gasteiger partial charge >= 0.3 is 0 Å². The minimum Gasteiger partial charge on any atom is -0.382 e. The second kappa shape index (κ2) is 8.45. The molecule has 1 aromatic carbocycles. The Hall–Kier alpha value is -0.650. The van der Waals surface area contributed by atoms with Gasteiger partial charge in [0.05, 0.1) is 12.6 Å². The number of aliphatic imine (C=N–C) groups is 1. The smallest absolute Gasteiger partial charge is 0.154 e. The van der Waals surface area contributed by atoms with Crippen LogP contribution in [0.25, 0.3) is 0 Å². The summed E-state index contributed by atoms with van der Waals surface area (Å²) in [6.45, 7) is 2.59. The summed E-state index contributed by atoms with van der Waals surface area (Å²) >= 11 is 3.31. The summed E-state index contributed by atoms with van der Waals surface area (Å²) in [5.74, 6) is 0.851. The van der Waals surface area contributed by atoms with Gasteiger partial charge in [0.25, 0.3) is 0 Å². The van der Waals surface area contributed by atoms with Crippen LogP contribution in [0.4, 0.5) is 0 Å². The van der Waals surface area contributed by atoms with Gasteiger partial charge in [0.1, 0.15) is 0 Å². The van der Waals surface area contributed by atoms with Crippen molar-refractivity contribution >= 4 is 28.7 Å². The van der Waals surface area contributed by atoms with Crippen LogP contribution in [0.1, 0.15) is 12.5 Å². The van der Waals surface area contributed by atoms with Gasteiger partial charge in [-0.05, 0) is 30.9 Å². The number of rotatable bonds is 6. The minimum absolute atomic E-state index is 0.112. The number of ether oxygens (including phenoxy) is 1. The second-order valence-corrected chi connectivity index (χ2v) is 5.78. The van der Waals surface area contributed by atoms with E-state index in [9.17, 15) is 0 Å². The molecular formula is C13H20N2OS2. The van der Waals surface area contributed by atoms with Gasteiger partial charge in [-0.1, -0.05) is 23.9 Å². The molecule has 0 heterocycles. The molecule has 0 aromatic heterocycles. The summed E-state index contributed by atoms with van der Waals surface area (Å²) in [5, 5.41) is 0.619. The third-order valence-corrected chi connectivity index (χ3v) is 3.92. The van der Waals surface area contributed by atoms with Crippen molar-refractivity contribution < 1.29 is 4.74 Å². The molecule has 0 spiro atoms. The largest absolute Gasteiger partial charge is 0.382 e. The van der Waals surface area contributed by atoms with Crippen LogP contribution in [0.5, 0.6) is 0 Å². The molecular weight excluding hydrogens is 264 g/mol. The molecule has 0 amide bonds. The SMILES string of the molecule is COC[C@@H](C)N=C(N)SCc1ccc(SC)cc1. The molecule has 0 radical (unpaired) electrons. The molecule has 1 rings (SSSR count). The fourth-order valence-electron chi connectivity index (χ4n) is 1.41. The zero-order chi connectivity index (χ0) is 13.4. The van der Waals surface area contributed by atoms with E-state index in [-0.39, 0.29) is 6.04 Å². The molecule has 1 atom stereocenters. The van der Waals surface area contributed by atoms with Gasteiger partial charge in [0.2, 0.25) is 0 Å². The summed E-state index contributed by atoms with van der Waals surface area (Å²) in [5.41, 5.74) is 7.12. The fraction of sp³-hybridized carbons (Fsp3) is 0.462. The third kappa shape index (κ3) is 5.80. The second-order valence-electron chi connectivity index (χ2n) is 3.91. The lowest BCUT2D eigenvalue weighted by molar-refractivity contribution is 0.186. The van der Waals surface area contributed by atoms with Crippen molar-refractivity contribution in [2.24, 2.45) is 10.7 Å². The molecule has 0 saturated heterocycles. The lowest BCUT2D eigenvalue weighted by atomic mass is 10.2. The van der Waals surface area contributed by atoms with Crippen molar-refractivity contribution in [3.63, 3.8) is 0 Å². The molecule has 0 fully saturated rings. The number of methoxy groups -OCH3 is 1. The Morgan fingerprint density at radius 2 is 2.06 bits per heavy atom. The Morgan fingerprint density at radius 3 is 2.61 bits per heavy atom. The summed E-state index contributed by atoms with van der Waals surface area (Å²) in [6, 6.07) is 8.62. The number of hydrogen-bond acceptors (Lipinski definition) is 4. The van der Waals surface area contributed by atoms with E-state index in [1.54, 1.807) is 30.6 Å². The minimum atomic E-state index is 0.112. The van der Waals surface area contributed by atoms with E-state index >= 15 is 0 Å². The van der Waals surface area contributed by atoms with Crippen molar-refractivity contribution in [3.05, 3.63) is 29.8 Å². The van der Waals surface area contributed by atoms with Gasteiger partial charge in [-0.15, -0.1) is 11.8 Å². The number of nitrogens with two attached hydrogens (primary N) is 1. The zero-order valence-electron chi connectivity index (χ0n) is 11.1. The van der Waals surface area contributed by atoms with Crippen molar-refractivity contribution in [2.45, 2.75) is 23.6 Å². The summed E-state index contributed by atoms with van der Waals surface area (Å²) in [6.07, 6.45) is 2.07. The molecule has 18 heavy (non-hydrogen) atoms. The summed E-state index contributed by atoms with van der Waals surface area (Å²) in [7, 11) is 1.67. The average molecular weight is 284 g/mol. The lowest BCUT2D eigenvalue weighted by Gasteiger charge is -2.07. The van der Waals surface area contributed by atoms with Gasteiger partial charge in [-0.3, -0.25) is 4.99 Å². The van der Waals surface area contributed by atoms with Gasteiger partial charge in [-0.25, -0.2) is 0 Å². The first-order chi connectivity index (χ1) is 8.65. The molecule has 100 valence electrons. The maximum Gasteiger partial charge on any atom is 0.154 e. The Bertz CT molecular complexity index is 379. The predicted molar refractivity (Wildman–Crippen MR) is 82.5 cm³/mol. The quantitative estimate of drug-likeness (QED) is 0.495. The fourth-order valence-corrected chi connectivity index (χ4v) is 2.58. The van der Waals surface area contributed by atoms with Crippen LogP contribution >= 0.6 is 23.5 Å². The van der Waals surface area contributed by atoms with E-state index in [1.807, 2.05) is 6.92 Å². The molecule has 0 bridgehead atoms. The highest BCUT2D eigenvalue weighted by Crippen LogP contribution is 2.18. The van der Waals surface area contributed by atoms with Crippen molar-refractivity contribution in [1.82, 2.24) is 0 Å². The van der Waals surface area contributed by atoms with Gasteiger partial charge in [0, 0.05) is 17.8 Å². The topological polar surface area (TPSA) is 47.6 Å². The number of hydrogen-bond donors (Lipinski definition) is 1. The number of thioether (sulfide) groups is 2. The standard InChI is InChI=1S/C13H20N2OS2/c1-10(8-16-2)15-13(14)18-9-11-4-6-12(17-3)7-5-11/h4-7,10H,8-9H2,1-3H3,(H2,14,15)/t10-/m1/s1. The van der Waals surface area contributed by atoms with Crippen LogP contribution in [-0.2, 0) is 10.5 Å². The molecule has 5 heteroatoms. The molecule has 0 saturated carbocycles. The van der Waals surface area contributed by atoms with E-state index in [0.717, 1.165) is 5.75 Å².